The molecule has 46 heavy (non-hydrogen) atoms. The summed E-state index contributed by atoms with van der Waals surface area (Å²) in [5.74, 6) is -3.08. The van der Waals surface area contributed by atoms with Crippen molar-refractivity contribution in [3.05, 3.63) is 64.7 Å². The molecular formula is C34H37F4IN4O3. The molecular weight excluding hydrogens is 715 g/mol. The zero-order valence-corrected chi connectivity index (χ0v) is 27.5. The quantitative estimate of drug-likeness (QED) is 0.210. The Labute approximate surface area is 279 Å². The van der Waals surface area contributed by atoms with Crippen LogP contribution in [0.25, 0.3) is 0 Å². The van der Waals surface area contributed by atoms with Gasteiger partial charge >= 0.3 is 12.1 Å². The van der Waals surface area contributed by atoms with E-state index in [1.807, 2.05) is 4.90 Å². The van der Waals surface area contributed by atoms with Crippen LogP contribution < -0.4 is 4.90 Å². The highest BCUT2D eigenvalue weighted by Gasteiger charge is 2.57. The molecule has 4 atom stereocenters. The summed E-state index contributed by atoms with van der Waals surface area (Å²) in [7, 11) is 0. The van der Waals surface area contributed by atoms with Gasteiger partial charge in [-0.2, -0.15) is 18.4 Å². The van der Waals surface area contributed by atoms with E-state index < -0.39 is 41.1 Å². The number of nitriles is 1. The number of hydrogen-bond acceptors (Lipinski definition) is 5. The van der Waals surface area contributed by atoms with Crippen LogP contribution >= 0.6 is 22.6 Å². The van der Waals surface area contributed by atoms with Gasteiger partial charge < -0.3 is 14.9 Å². The summed E-state index contributed by atoms with van der Waals surface area (Å²) in [4.78, 5) is 31.3. The highest BCUT2D eigenvalue weighted by Crippen LogP contribution is 2.46. The van der Waals surface area contributed by atoms with Crippen LogP contribution in [0.2, 0.25) is 0 Å². The van der Waals surface area contributed by atoms with Crippen molar-refractivity contribution in [2.75, 3.05) is 44.2 Å². The van der Waals surface area contributed by atoms with E-state index in [9.17, 15) is 33.1 Å². The number of carboxylic acid groups (broad SMARTS) is 1. The van der Waals surface area contributed by atoms with Gasteiger partial charge in [0.1, 0.15) is 0 Å². The zero-order valence-electron chi connectivity index (χ0n) is 25.4. The molecule has 3 aliphatic heterocycles. The van der Waals surface area contributed by atoms with E-state index in [4.69, 9.17) is 0 Å². The van der Waals surface area contributed by atoms with Gasteiger partial charge in [-0.15, -0.1) is 0 Å². The topological polar surface area (TPSA) is 87.9 Å². The number of carbonyl (C=O) groups is 2. The predicted octanol–water partition coefficient (Wildman–Crippen LogP) is 6.36. The Bertz CT molecular complexity index is 1500. The van der Waals surface area contributed by atoms with Crippen LogP contribution in [0.1, 0.15) is 72.6 Å². The van der Waals surface area contributed by atoms with Crippen LogP contribution in [0.3, 0.4) is 0 Å². The van der Waals surface area contributed by atoms with Crippen LogP contribution in [0.5, 0.6) is 0 Å². The van der Waals surface area contributed by atoms with Crippen molar-refractivity contribution in [1.29, 1.82) is 5.26 Å². The van der Waals surface area contributed by atoms with Crippen molar-refractivity contribution < 1.29 is 32.3 Å². The molecule has 1 saturated carbocycles. The van der Waals surface area contributed by atoms with Gasteiger partial charge in [-0.3, -0.25) is 14.5 Å². The maximum Gasteiger partial charge on any atom is 0.416 e. The third kappa shape index (κ3) is 6.33. The minimum atomic E-state index is -4.55. The molecule has 0 radical (unpaired) electrons. The SMILES string of the molecule is N#Cc1ccc([C@@H]2CN(C3CCCC3)C[C@@]2(F)C(=O)N2C[C@H](c3ccc(C(F)(F)F)cc3N3CCC(C(=O)O)CC3)[C@@H](I)C2)cc1. The summed E-state index contributed by atoms with van der Waals surface area (Å²) < 4.78 is 58.7. The van der Waals surface area contributed by atoms with Crippen LogP contribution in [0.15, 0.2) is 42.5 Å². The standard InChI is InChI=1S/C34H37F4IN4O3/c35-33(20-43(25-3-1-2-4-25)18-28(33)22-7-5-21(16-40)6-8-22)32(46)42-17-27(29(39)19-42)26-10-9-24(34(36,37)38)15-30(26)41-13-11-23(12-14-41)31(44)45/h5-10,15,23,25,27-29H,1-4,11-14,17-20H2,(H,44,45)/t27-,28+,29+,33+/m1/s1. The summed E-state index contributed by atoms with van der Waals surface area (Å²) >= 11 is 2.22. The van der Waals surface area contributed by atoms with Gasteiger partial charge in [0.05, 0.1) is 23.1 Å². The summed E-state index contributed by atoms with van der Waals surface area (Å²) in [6, 6.07) is 12.8. The molecule has 4 fully saturated rings. The number of halogens is 5. The van der Waals surface area contributed by atoms with E-state index in [0.29, 0.717) is 54.9 Å². The number of hydrogen-bond donors (Lipinski definition) is 1. The molecule has 0 bridgehead atoms. The molecule has 246 valence electrons. The maximum atomic E-state index is 17.4. The number of rotatable bonds is 6. The molecule has 0 spiro atoms. The Morgan fingerprint density at radius 2 is 1.65 bits per heavy atom. The lowest BCUT2D eigenvalue weighted by Gasteiger charge is -2.35. The Hall–Kier alpha value is -2.92. The average molecular weight is 753 g/mol. The first-order chi connectivity index (χ1) is 21.9. The Morgan fingerprint density at radius 3 is 2.26 bits per heavy atom. The molecule has 1 amide bonds. The van der Waals surface area contributed by atoms with E-state index in [1.165, 1.54) is 6.07 Å². The van der Waals surface area contributed by atoms with Gasteiger partial charge in [0.15, 0.2) is 0 Å². The number of carbonyl (C=O) groups excluding carboxylic acids is 1. The number of likely N-dealkylation sites (tertiary alicyclic amines) is 2. The van der Waals surface area contributed by atoms with E-state index >= 15 is 4.39 Å². The molecule has 2 aromatic carbocycles. The summed E-state index contributed by atoms with van der Waals surface area (Å²) in [6.45, 7) is 1.44. The number of alkyl halides is 5. The fraction of sp³-hybridized carbons (Fsp3) is 0.559. The molecule has 4 aliphatic rings. The van der Waals surface area contributed by atoms with Crippen molar-refractivity contribution in [2.24, 2.45) is 5.92 Å². The van der Waals surface area contributed by atoms with Crippen molar-refractivity contribution in [2.45, 2.75) is 72.2 Å². The summed E-state index contributed by atoms with van der Waals surface area (Å²) in [5, 5.41) is 18.7. The summed E-state index contributed by atoms with van der Waals surface area (Å²) in [6.07, 6.45) is 0.175. The molecule has 12 heteroatoms. The molecule has 6 rings (SSSR count). The number of benzene rings is 2. The molecule has 1 aliphatic carbocycles. The fourth-order valence-corrected chi connectivity index (χ4v) is 9.02. The monoisotopic (exact) mass is 752 g/mol. The third-order valence-corrected chi connectivity index (χ3v) is 11.8. The lowest BCUT2D eigenvalue weighted by atomic mass is 9.85. The lowest BCUT2D eigenvalue weighted by molar-refractivity contribution is -0.143. The minimum Gasteiger partial charge on any atom is -0.481 e. The van der Waals surface area contributed by atoms with Crippen LogP contribution in [0, 0.1) is 17.2 Å². The molecule has 1 N–H and O–H groups in total. The smallest absolute Gasteiger partial charge is 0.416 e. The first-order valence-electron chi connectivity index (χ1n) is 15.9. The third-order valence-electron chi connectivity index (χ3n) is 10.5. The second-order valence-corrected chi connectivity index (χ2v) is 14.8. The Balaban J connectivity index is 1.28. The maximum absolute atomic E-state index is 17.4. The first kappa shape index (κ1) is 33.0. The molecule has 2 aromatic rings. The lowest BCUT2D eigenvalue weighted by Crippen LogP contribution is -2.50. The van der Waals surface area contributed by atoms with E-state index in [1.54, 1.807) is 29.2 Å². The molecule has 3 heterocycles. The number of piperidine rings is 1. The van der Waals surface area contributed by atoms with Crippen molar-refractivity contribution >= 4 is 40.2 Å². The Kier molecular flexibility index (Phi) is 9.28. The number of aliphatic carboxylic acids is 1. The van der Waals surface area contributed by atoms with E-state index in [2.05, 4.69) is 33.6 Å². The van der Waals surface area contributed by atoms with E-state index in [0.717, 1.165) is 37.8 Å². The number of nitrogens with zero attached hydrogens (tertiary/aromatic N) is 4. The van der Waals surface area contributed by atoms with E-state index in [-0.39, 0.29) is 35.5 Å². The van der Waals surface area contributed by atoms with Gasteiger partial charge in [-0.25, -0.2) is 4.39 Å². The van der Waals surface area contributed by atoms with Gasteiger partial charge in [-0.1, -0.05) is 53.6 Å². The fourth-order valence-electron chi connectivity index (χ4n) is 7.93. The van der Waals surface area contributed by atoms with Crippen LogP contribution in [-0.4, -0.2) is 81.7 Å². The normalized spacial score (nSPS) is 28.1. The average Bonchev–Trinajstić information content (AvgIpc) is 3.80. The molecule has 3 saturated heterocycles. The second kappa shape index (κ2) is 12.9. The van der Waals surface area contributed by atoms with Gasteiger partial charge in [0, 0.05) is 66.8 Å². The van der Waals surface area contributed by atoms with Crippen molar-refractivity contribution in [3.63, 3.8) is 0 Å². The number of anilines is 1. The Morgan fingerprint density at radius 1 is 0.978 bits per heavy atom. The van der Waals surface area contributed by atoms with Crippen molar-refractivity contribution in [1.82, 2.24) is 9.80 Å². The van der Waals surface area contributed by atoms with Gasteiger partial charge in [-0.05, 0) is 61.1 Å². The molecule has 7 nitrogen and oxygen atoms in total. The molecule has 0 unspecified atom stereocenters. The number of carboxylic acids is 1. The number of amides is 1. The molecule has 0 aromatic heterocycles. The van der Waals surface area contributed by atoms with Crippen molar-refractivity contribution in [3.8, 4) is 6.07 Å². The first-order valence-corrected chi connectivity index (χ1v) is 17.2. The highest BCUT2D eigenvalue weighted by atomic mass is 127. The van der Waals surface area contributed by atoms with Gasteiger partial charge in [0.2, 0.25) is 5.67 Å². The predicted molar refractivity (Wildman–Crippen MR) is 173 cm³/mol. The minimum absolute atomic E-state index is 0.0156. The van der Waals surface area contributed by atoms with Gasteiger partial charge in [0.25, 0.3) is 5.91 Å². The zero-order chi connectivity index (χ0) is 32.8. The largest absolute Gasteiger partial charge is 0.481 e. The second-order valence-electron chi connectivity index (χ2n) is 13.2. The highest BCUT2D eigenvalue weighted by molar-refractivity contribution is 14.1. The van der Waals surface area contributed by atoms with Crippen LogP contribution in [-0.2, 0) is 15.8 Å². The van der Waals surface area contributed by atoms with Crippen LogP contribution in [0.4, 0.5) is 23.2 Å². The summed E-state index contributed by atoms with van der Waals surface area (Å²) in [5.41, 5.74) is -0.783.